The minimum atomic E-state index is 0.0120. The molecular formula is C20H25N3O3. The summed E-state index contributed by atoms with van der Waals surface area (Å²) in [5.41, 5.74) is 0. The second kappa shape index (κ2) is 7.91. The molecule has 0 radical (unpaired) electrons. The lowest BCUT2D eigenvalue weighted by Gasteiger charge is -2.41. The first-order valence-electron chi connectivity index (χ1n) is 9.43. The molecule has 0 aliphatic carbocycles. The fourth-order valence-electron chi connectivity index (χ4n) is 3.96. The van der Waals surface area contributed by atoms with E-state index in [2.05, 4.69) is 9.88 Å². The van der Waals surface area contributed by atoms with Crippen LogP contribution in [0.15, 0.2) is 47.3 Å². The summed E-state index contributed by atoms with van der Waals surface area (Å²) in [4.78, 5) is 20.9. The number of ether oxygens (including phenoxy) is 1. The summed E-state index contributed by atoms with van der Waals surface area (Å²) in [5, 5.41) is 0. The third kappa shape index (κ3) is 3.90. The second-order valence-electron chi connectivity index (χ2n) is 7.04. The molecule has 0 atom stereocenters. The van der Waals surface area contributed by atoms with Gasteiger partial charge in [-0.25, -0.2) is 0 Å². The van der Waals surface area contributed by atoms with E-state index >= 15 is 0 Å². The van der Waals surface area contributed by atoms with Crippen LogP contribution in [0.2, 0.25) is 0 Å². The predicted molar refractivity (Wildman–Crippen MR) is 97.1 cm³/mol. The average Bonchev–Trinajstić information content (AvgIpc) is 3.24. The van der Waals surface area contributed by atoms with E-state index in [4.69, 9.17) is 9.15 Å². The summed E-state index contributed by atoms with van der Waals surface area (Å²) in [7, 11) is 0. The van der Waals surface area contributed by atoms with Gasteiger partial charge in [-0.1, -0.05) is 0 Å². The van der Waals surface area contributed by atoms with E-state index < -0.39 is 0 Å². The van der Waals surface area contributed by atoms with Crippen LogP contribution in [-0.2, 0) is 0 Å². The zero-order valence-corrected chi connectivity index (χ0v) is 14.9. The van der Waals surface area contributed by atoms with E-state index in [-0.39, 0.29) is 12.0 Å². The van der Waals surface area contributed by atoms with Crippen molar-refractivity contribution in [3.05, 3.63) is 48.7 Å². The Balaban J connectivity index is 1.23. The first-order chi connectivity index (χ1) is 12.8. The van der Waals surface area contributed by atoms with Crippen molar-refractivity contribution in [3.63, 3.8) is 0 Å². The molecule has 0 spiro atoms. The van der Waals surface area contributed by atoms with Gasteiger partial charge in [-0.05, 0) is 49.9 Å². The van der Waals surface area contributed by atoms with Gasteiger partial charge in [0.15, 0.2) is 5.76 Å². The molecule has 4 heterocycles. The van der Waals surface area contributed by atoms with Crippen molar-refractivity contribution in [2.75, 3.05) is 26.2 Å². The Labute approximate surface area is 153 Å². The van der Waals surface area contributed by atoms with Gasteiger partial charge in [0, 0.05) is 44.6 Å². The normalized spacial score (nSPS) is 20.2. The van der Waals surface area contributed by atoms with Gasteiger partial charge in [0.25, 0.3) is 5.91 Å². The Kier molecular flexibility index (Phi) is 5.20. The van der Waals surface area contributed by atoms with Crippen LogP contribution in [0, 0.1) is 0 Å². The van der Waals surface area contributed by atoms with Crippen molar-refractivity contribution in [2.24, 2.45) is 0 Å². The minimum absolute atomic E-state index is 0.0120. The number of rotatable bonds is 4. The second-order valence-corrected chi connectivity index (χ2v) is 7.04. The molecule has 0 aromatic carbocycles. The van der Waals surface area contributed by atoms with Crippen LogP contribution in [0.4, 0.5) is 0 Å². The molecule has 2 fully saturated rings. The number of carbonyl (C=O) groups is 1. The number of pyridine rings is 1. The fraction of sp³-hybridized carbons (Fsp3) is 0.500. The van der Waals surface area contributed by atoms with Gasteiger partial charge in [-0.2, -0.15) is 0 Å². The number of likely N-dealkylation sites (tertiary alicyclic amines) is 2. The van der Waals surface area contributed by atoms with Crippen LogP contribution < -0.4 is 4.74 Å². The Hall–Kier alpha value is -2.34. The van der Waals surface area contributed by atoms with E-state index in [1.54, 1.807) is 30.8 Å². The zero-order valence-electron chi connectivity index (χ0n) is 14.9. The number of piperidine rings is 2. The van der Waals surface area contributed by atoms with Crippen molar-refractivity contribution in [1.29, 1.82) is 0 Å². The van der Waals surface area contributed by atoms with Crippen molar-refractivity contribution in [3.8, 4) is 5.75 Å². The average molecular weight is 355 g/mol. The summed E-state index contributed by atoms with van der Waals surface area (Å²) in [6.45, 7) is 3.73. The maximum absolute atomic E-state index is 12.4. The molecule has 138 valence electrons. The SMILES string of the molecule is O=C(c1ccco1)N1CCC(N2CCC(Oc3ccncc3)CC2)CC1. The third-order valence-electron chi connectivity index (χ3n) is 5.43. The molecule has 6 heteroatoms. The van der Waals surface area contributed by atoms with Gasteiger partial charge in [0.05, 0.1) is 6.26 Å². The molecule has 26 heavy (non-hydrogen) atoms. The smallest absolute Gasteiger partial charge is 0.289 e. The number of hydrogen-bond donors (Lipinski definition) is 0. The van der Waals surface area contributed by atoms with Crippen LogP contribution in [0.3, 0.4) is 0 Å². The van der Waals surface area contributed by atoms with Crippen molar-refractivity contribution < 1.29 is 13.9 Å². The molecule has 2 aliphatic rings. The first kappa shape index (κ1) is 17.1. The quantitative estimate of drug-likeness (QED) is 0.844. The highest BCUT2D eigenvalue weighted by Crippen LogP contribution is 2.24. The molecule has 0 saturated carbocycles. The van der Waals surface area contributed by atoms with Crippen molar-refractivity contribution in [1.82, 2.24) is 14.8 Å². The summed E-state index contributed by atoms with van der Waals surface area (Å²) in [6, 6.07) is 7.90. The predicted octanol–water partition coefficient (Wildman–Crippen LogP) is 2.82. The van der Waals surface area contributed by atoms with Gasteiger partial charge in [0.1, 0.15) is 11.9 Å². The number of nitrogens with zero attached hydrogens (tertiary/aromatic N) is 3. The van der Waals surface area contributed by atoms with Crippen LogP contribution in [0.1, 0.15) is 36.2 Å². The van der Waals surface area contributed by atoms with Crippen molar-refractivity contribution in [2.45, 2.75) is 37.8 Å². The highest BCUT2D eigenvalue weighted by Gasteiger charge is 2.31. The highest BCUT2D eigenvalue weighted by atomic mass is 16.5. The summed E-state index contributed by atoms with van der Waals surface area (Å²) < 4.78 is 11.3. The number of furan rings is 1. The van der Waals surface area contributed by atoms with Gasteiger partial charge >= 0.3 is 0 Å². The first-order valence-corrected chi connectivity index (χ1v) is 9.43. The highest BCUT2D eigenvalue weighted by molar-refractivity contribution is 5.91. The lowest BCUT2D eigenvalue weighted by Crippen LogP contribution is -2.50. The van der Waals surface area contributed by atoms with E-state index in [9.17, 15) is 4.79 Å². The standard InChI is InChI=1S/C20H25N3O3/c24-20(19-2-1-15-25-19)23-11-5-16(6-12-23)22-13-7-18(8-14-22)26-17-3-9-21-10-4-17/h1-4,9-10,15-16,18H,5-8,11-14H2. The Morgan fingerprint density at radius 3 is 2.42 bits per heavy atom. The molecule has 2 aliphatic heterocycles. The monoisotopic (exact) mass is 355 g/mol. The molecule has 1 amide bonds. The molecule has 0 bridgehead atoms. The van der Waals surface area contributed by atoms with Gasteiger partial charge in [-0.3, -0.25) is 14.7 Å². The van der Waals surface area contributed by atoms with E-state index in [0.717, 1.165) is 57.6 Å². The van der Waals surface area contributed by atoms with Crippen LogP contribution in [-0.4, -0.2) is 59.0 Å². The Bertz CT molecular complexity index is 688. The van der Waals surface area contributed by atoms with E-state index in [0.29, 0.717) is 11.8 Å². The lowest BCUT2D eigenvalue weighted by molar-refractivity contribution is 0.0411. The molecule has 0 unspecified atom stereocenters. The maximum atomic E-state index is 12.4. The molecule has 2 saturated heterocycles. The van der Waals surface area contributed by atoms with Gasteiger partial charge in [0.2, 0.25) is 0 Å². The summed E-state index contributed by atoms with van der Waals surface area (Å²) in [6.07, 6.45) is 9.53. The maximum Gasteiger partial charge on any atom is 0.289 e. The molecule has 4 rings (SSSR count). The number of amides is 1. The summed E-state index contributed by atoms with van der Waals surface area (Å²) in [5.74, 6) is 1.36. The fourth-order valence-corrected chi connectivity index (χ4v) is 3.96. The van der Waals surface area contributed by atoms with Crippen LogP contribution >= 0.6 is 0 Å². The summed E-state index contributed by atoms with van der Waals surface area (Å²) >= 11 is 0. The van der Waals surface area contributed by atoms with Crippen LogP contribution in [0.5, 0.6) is 5.75 Å². The van der Waals surface area contributed by atoms with E-state index in [1.165, 1.54) is 0 Å². The molecular weight excluding hydrogens is 330 g/mol. The Morgan fingerprint density at radius 1 is 1.04 bits per heavy atom. The minimum Gasteiger partial charge on any atom is -0.490 e. The third-order valence-corrected chi connectivity index (χ3v) is 5.43. The van der Waals surface area contributed by atoms with Gasteiger partial charge < -0.3 is 14.1 Å². The molecule has 0 N–H and O–H groups in total. The molecule has 2 aromatic rings. The molecule has 6 nitrogen and oxygen atoms in total. The van der Waals surface area contributed by atoms with Crippen molar-refractivity contribution >= 4 is 5.91 Å². The molecule has 2 aromatic heterocycles. The Morgan fingerprint density at radius 2 is 1.77 bits per heavy atom. The van der Waals surface area contributed by atoms with Gasteiger partial charge in [-0.15, -0.1) is 0 Å². The van der Waals surface area contributed by atoms with Crippen LogP contribution in [0.25, 0.3) is 0 Å². The van der Waals surface area contributed by atoms with E-state index in [1.807, 2.05) is 17.0 Å². The largest absolute Gasteiger partial charge is 0.490 e. The number of carbonyl (C=O) groups excluding carboxylic acids is 1. The topological polar surface area (TPSA) is 58.8 Å². The number of hydrogen-bond acceptors (Lipinski definition) is 5. The lowest BCUT2D eigenvalue weighted by atomic mass is 9.98. The zero-order chi connectivity index (χ0) is 17.8. The number of aromatic nitrogens is 1.